The van der Waals surface area contributed by atoms with Gasteiger partial charge in [-0.05, 0) is 27.7 Å². The van der Waals surface area contributed by atoms with Crippen LogP contribution in [0.4, 0.5) is 4.79 Å². The van der Waals surface area contributed by atoms with Crippen molar-refractivity contribution in [2.24, 2.45) is 0 Å². The van der Waals surface area contributed by atoms with Gasteiger partial charge in [-0.1, -0.05) is 0 Å². The van der Waals surface area contributed by atoms with Gasteiger partial charge in [0.25, 0.3) is 0 Å². The van der Waals surface area contributed by atoms with Crippen LogP contribution in [-0.4, -0.2) is 55.5 Å². The molecule has 1 rings (SSSR count). The van der Waals surface area contributed by atoms with Crippen molar-refractivity contribution in [1.82, 2.24) is 10.2 Å². The molecule has 0 spiro atoms. The van der Waals surface area contributed by atoms with Crippen molar-refractivity contribution in [2.45, 2.75) is 39.3 Å². The molecule has 1 aliphatic heterocycles. The van der Waals surface area contributed by atoms with Crippen LogP contribution in [0.25, 0.3) is 0 Å². The van der Waals surface area contributed by atoms with E-state index in [1.54, 1.807) is 4.90 Å². The number of ether oxygens (including phenoxy) is 2. The second-order valence-electron chi connectivity index (χ2n) is 5.27. The van der Waals surface area contributed by atoms with Gasteiger partial charge in [0.1, 0.15) is 0 Å². The number of nitrogens with one attached hydrogen (secondary N) is 1. The van der Waals surface area contributed by atoms with Gasteiger partial charge in [0.15, 0.2) is 0 Å². The molecule has 1 amide bonds. The van der Waals surface area contributed by atoms with E-state index in [0.717, 1.165) is 6.54 Å². The molecule has 0 aromatic rings. The van der Waals surface area contributed by atoms with E-state index in [0.29, 0.717) is 26.3 Å². The molecule has 0 aromatic heterocycles. The van der Waals surface area contributed by atoms with Gasteiger partial charge in [-0.15, -0.1) is 0 Å². The van der Waals surface area contributed by atoms with Crippen molar-refractivity contribution < 1.29 is 14.3 Å². The molecule has 1 heterocycles. The standard InChI is InChI=1S/C12H24N2O3/c1-5-16-11(15)14-6-7-17-10(9-14)8-13-12(2,3)4/h10,13H,5-9H2,1-4H3/t10-/m1/s1. The van der Waals surface area contributed by atoms with Crippen LogP contribution in [0.1, 0.15) is 27.7 Å². The molecule has 17 heavy (non-hydrogen) atoms. The Kier molecular flexibility index (Phi) is 5.21. The highest BCUT2D eigenvalue weighted by molar-refractivity contribution is 5.67. The zero-order valence-electron chi connectivity index (χ0n) is 11.3. The summed E-state index contributed by atoms with van der Waals surface area (Å²) in [4.78, 5) is 13.3. The summed E-state index contributed by atoms with van der Waals surface area (Å²) in [6, 6.07) is 0. The maximum Gasteiger partial charge on any atom is 0.409 e. The van der Waals surface area contributed by atoms with Crippen LogP contribution >= 0.6 is 0 Å². The van der Waals surface area contributed by atoms with Crippen molar-refractivity contribution in [3.05, 3.63) is 0 Å². The zero-order chi connectivity index (χ0) is 12.9. The van der Waals surface area contributed by atoms with Crippen LogP contribution in [0.2, 0.25) is 0 Å². The summed E-state index contributed by atoms with van der Waals surface area (Å²) in [5.41, 5.74) is 0.0650. The molecule has 0 aliphatic carbocycles. The van der Waals surface area contributed by atoms with Crippen molar-refractivity contribution in [3.8, 4) is 0 Å². The number of carbonyl (C=O) groups is 1. The summed E-state index contributed by atoms with van der Waals surface area (Å²) in [7, 11) is 0. The van der Waals surface area contributed by atoms with Gasteiger partial charge >= 0.3 is 6.09 Å². The Bertz CT molecular complexity index is 251. The molecule has 100 valence electrons. The predicted octanol–water partition coefficient (Wildman–Crippen LogP) is 1.23. The Morgan fingerprint density at radius 3 is 2.82 bits per heavy atom. The molecule has 1 aliphatic rings. The lowest BCUT2D eigenvalue weighted by Crippen LogP contribution is -2.51. The maximum atomic E-state index is 11.6. The fourth-order valence-corrected chi connectivity index (χ4v) is 1.64. The van der Waals surface area contributed by atoms with E-state index < -0.39 is 0 Å². The quantitative estimate of drug-likeness (QED) is 0.811. The van der Waals surface area contributed by atoms with Crippen LogP contribution in [0.5, 0.6) is 0 Å². The van der Waals surface area contributed by atoms with E-state index in [9.17, 15) is 4.79 Å². The van der Waals surface area contributed by atoms with Crippen LogP contribution in [0, 0.1) is 0 Å². The second kappa shape index (κ2) is 6.21. The normalized spacial score (nSPS) is 21.4. The number of morpholine rings is 1. The van der Waals surface area contributed by atoms with Crippen LogP contribution in [-0.2, 0) is 9.47 Å². The first-order valence-corrected chi connectivity index (χ1v) is 6.20. The van der Waals surface area contributed by atoms with Crippen LogP contribution in [0.15, 0.2) is 0 Å². The summed E-state index contributed by atoms with van der Waals surface area (Å²) in [5.74, 6) is 0. The van der Waals surface area contributed by atoms with E-state index in [4.69, 9.17) is 9.47 Å². The number of rotatable bonds is 3. The van der Waals surface area contributed by atoms with Gasteiger partial charge in [0.2, 0.25) is 0 Å². The van der Waals surface area contributed by atoms with Gasteiger partial charge in [0, 0.05) is 18.6 Å². The first-order valence-electron chi connectivity index (χ1n) is 6.20. The Morgan fingerprint density at radius 2 is 2.24 bits per heavy atom. The molecule has 0 unspecified atom stereocenters. The van der Waals surface area contributed by atoms with E-state index in [-0.39, 0.29) is 17.7 Å². The summed E-state index contributed by atoms with van der Waals surface area (Å²) in [6.45, 7) is 11.1. The fraction of sp³-hybridized carbons (Fsp3) is 0.917. The van der Waals surface area contributed by atoms with Gasteiger partial charge in [-0.2, -0.15) is 0 Å². The number of hydrogen-bond acceptors (Lipinski definition) is 4. The lowest BCUT2D eigenvalue weighted by molar-refractivity contribution is -0.0274. The Morgan fingerprint density at radius 1 is 1.53 bits per heavy atom. The number of nitrogens with zero attached hydrogens (tertiary/aromatic N) is 1. The summed E-state index contributed by atoms with van der Waals surface area (Å²) >= 11 is 0. The van der Waals surface area contributed by atoms with Gasteiger partial charge in [-0.25, -0.2) is 4.79 Å². The first-order chi connectivity index (χ1) is 7.92. The third kappa shape index (κ3) is 5.37. The lowest BCUT2D eigenvalue weighted by Gasteiger charge is -2.34. The van der Waals surface area contributed by atoms with E-state index in [1.807, 2.05) is 6.92 Å². The second-order valence-corrected chi connectivity index (χ2v) is 5.27. The van der Waals surface area contributed by atoms with Crippen LogP contribution in [0.3, 0.4) is 0 Å². The van der Waals surface area contributed by atoms with Crippen molar-refractivity contribution in [3.63, 3.8) is 0 Å². The van der Waals surface area contributed by atoms with Gasteiger partial charge < -0.3 is 19.7 Å². The summed E-state index contributed by atoms with van der Waals surface area (Å²) in [6.07, 6.45) is -0.191. The molecule has 1 N–H and O–H groups in total. The Labute approximate surface area is 103 Å². The molecule has 1 atom stereocenters. The minimum atomic E-state index is -0.239. The van der Waals surface area contributed by atoms with Crippen molar-refractivity contribution in [1.29, 1.82) is 0 Å². The lowest BCUT2D eigenvalue weighted by atomic mass is 10.1. The molecular weight excluding hydrogens is 220 g/mol. The summed E-state index contributed by atoms with van der Waals surface area (Å²) in [5, 5.41) is 3.38. The largest absolute Gasteiger partial charge is 0.450 e. The minimum Gasteiger partial charge on any atom is -0.450 e. The number of hydrogen-bond donors (Lipinski definition) is 1. The maximum absolute atomic E-state index is 11.6. The molecular formula is C12H24N2O3. The Balaban J connectivity index is 2.36. The van der Waals surface area contributed by atoms with Crippen molar-refractivity contribution in [2.75, 3.05) is 32.8 Å². The molecule has 0 radical (unpaired) electrons. The average Bonchev–Trinajstić information content (AvgIpc) is 2.26. The molecule has 0 aromatic carbocycles. The zero-order valence-corrected chi connectivity index (χ0v) is 11.3. The highest BCUT2D eigenvalue weighted by Gasteiger charge is 2.25. The minimum absolute atomic E-state index is 0.0485. The highest BCUT2D eigenvalue weighted by atomic mass is 16.6. The molecule has 5 nitrogen and oxygen atoms in total. The smallest absolute Gasteiger partial charge is 0.409 e. The monoisotopic (exact) mass is 244 g/mol. The molecule has 0 saturated carbocycles. The summed E-state index contributed by atoms with van der Waals surface area (Å²) < 4.78 is 10.6. The van der Waals surface area contributed by atoms with E-state index in [1.165, 1.54) is 0 Å². The average molecular weight is 244 g/mol. The van der Waals surface area contributed by atoms with E-state index >= 15 is 0 Å². The fourth-order valence-electron chi connectivity index (χ4n) is 1.64. The SMILES string of the molecule is CCOC(=O)N1CCO[C@H](CNC(C)(C)C)C1. The Hall–Kier alpha value is -0.810. The van der Waals surface area contributed by atoms with Crippen molar-refractivity contribution >= 4 is 6.09 Å². The first kappa shape index (κ1) is 14.3. The third-order valence-electron chi connectivity index (χ3n) is 2.52. The topological polar surface area (TPSA) is 50.8 Å². The third-order valence-corrected chi connectivity index (χ3v) is 2.52. The number of carbonyl (C=O) groups excluding carboxylic acids is 1. The number of amides is 1. The predicted molar refractivity (Wildman–Crippen MR) is 66.1 cm³/mol. The highest BCUT2D eigenvalue weighted by Crippen LogP contribution is 2.08. The molecule has 1 fully saturated rings. The van der Waals surface area contributed by atoms with Crippen LogP contribution < -0.4 is 5.32 Å². The molecule has 1 saturated heterocycles. The van der Waals surface area contributed by atoms with Gasteiger partial charge in [-0.3, -0.25) is 0 Å². The van der Waals surface area contributed by atoms with E-state index in [2.05, 4.69) is 26.1 Å². The van der Waals surface area contributed by atoms with Gasteiger partial charge in [0.05, 0.1) is 25.9 Å². The molecule has 5 heteroatoms. The molecule has 0 bridgehead atoms.